The van der Waals surface area contributed by atoms with Crippen molar-refractivity contribution in [3.05, 3.63) is 54.1 Å². The second-order valence-electron chi connectivity index (χ2n) is 7.24. The maximum absolute atomic E-state index is 12.5. The molecule has 0 aromatic heterocycles. The second-order valence-corrected chi connectivity index (χ2v) is 7.24. The maximum Gasteiger partial charge on any atom is 0.260 e. The van der Waals surface area contributed by atoms with Crippen molar-refractivity contribution in [1.82, 2.24) is 9.80 Å². The lowest BCUT2D eigenvalue weighted by Crippen LogP contribution is -2.50. The average Bonchev–Trinajstić information content (AvgIpc) is 2.72. The first kappa shape index (κ1) is 20.0. The highest BCUT2D eigenvalue weighted by Crippen LogP contribution is 2.20. The van der Waals surface area contributed by atoms with Gasteiger partial charge in [0.1, 0.15) is 11.5 Å². The van der Waals surface area contributed by atoms with Crippen molar-refractivity contribution in [3.8, 4) is 11.5 Å². The van der Waals surface area contributed by atoms with Crippen molar-refractivity contribution in [1.29, 1.82) is 0 Å². The summed E-state index contributed by atoms with van der Waals surface area (Å²) in [7, 11) is 5.76. The first-order valence-electron chi connectivity index (χ1n) is 9.58. The zero-order valence-electron chi connectivity index (χ0n) is 16.9. The fourth-order valence-corrected chi connectivity index (χ4v) is 3.36. The van der Waals surface area contributed by atoms with E-state index in [0.29, 0.717) is 18.8 Å². The van der Waals surface area contributed by atoms with Gasteiger partial charge in [0, 0.05) is 44.5 Å². The van der Waals surface area contributed by atoms with E-state index in [-0.39, 0.29) is 12.5 Å². The molecule has 0 saturated carbocycles. The van der Waals surface area contributed by atoms with Gasteiger partial charge in [-0.25, -0.2) is 0 Å². The molecule has 0 atom stereocenters. The summed E-state index contributed by atoms with van der Waals surface area (Å²) in [6.07, 6.45) is 0. The Balaban J connectivity index is 1.50. The summed E-state index contributed by atoms with van der Waals surface area (Å²) in [5.74, 6) is 1.38. The lowest BCUT2D eigenvalue weighted by molar-refractivity contribution is -0.133. The van der Waals surface area contributed by atoms with Crippen molar-refractivity contribution in [2.45, 2.75) is 6.54 Å². The van der Waals surface area contributed by atoms with Gasteiger partial charge < -0.3 is 24.2 Å². The van der Waals surface area contributed by atoms with Crippen molar-refractivity contribution < 1.29 is 14.3 Å². The normalized spacial score (nSPS) is 14.3. The Labute approximate surface area is 167 Å². The standard InChI is InChI=1S/C22H29N3O3/c1-23(2)16-18-6-4-7-19(14-18)24-10-12-25(13-11-24)22(26)17-28-21-9-5-8-20(15-21)27-3/h4-9,14-15H,10-13,16-17H2,1-3H3. The minimum absolute atomic E-state index is 0.0174. The van der Waals surface area contributed by atoms with E-state index in [4.69, 9.17) is 9.47 Å². The Morgan fingerprint density at radius 2 is 1.71 bits per heavy atom. The fourth-order valence-electron chi connectivity index (χ4n) is 3.36. The molecule has 0 N–H and O–H groups in total. The van der Waals surface area contributed by atoms with Crippen LogP contribution in [-0.4, -0.2) is 69.7 Å². The predicted molar refractivity (Wildman–Crippen MR) is 111 cm³/mol. The molecule has 1 heterocycles. The van der Waals surface area contributed by atoms with Gasteiger partial charge in [0.15, 0.2) is 6.61 Å². The van der Waals surface area contributed by atoms with E-state index in [1.165, 1.54) is 11.3 Å². The van der Waals surface area contributed by atoms with Crippen LogP contribution < -0.4 is 14.4 Å². The summed E-state index contributed by atoms with van der Waals surface area (Å²) in [4.78, 5) is 18.9. The zero-order chi connectivity index (χ0) is 19.9. The summed E-state index contributed by atoms with van der Waals surface area (Å²) in [6, 6.07) is 15.9. The third-order valence-electron chi connectivity index (χ3n) is 4.81. The number of nitrogens with zero attached hydrogens (tertiary/aromatic N) is 3. The summed E-state index contributed by atoms with van der Waals surface area (Å²) in [6.45, 7) is 4.04. The minimum atomic E-state index is 0.0174. The van der Waals surface area contributed by atoms with Gasteiger partial charge in [0.05, 0.1) is 7.11 Å². The van der Waals surface area contributed by atoms with Crippen LogP contribution in [0.1, 0.15) is 5.56 Å². The molecule has 0 spiro atoms. The number of rotatable bonds is 7. The maximum atomic E-state index is 12.5. The van der Waals surface area contributed by atoms with Crippen LogP contribution in [0.2, 0.25) is 0 Å². The quantitative estimate of drug-likeness (QED) is 0.735. The number of piperazine rings is 1. The highest BCUT2D eigenvalue weighted by molar-refractivity contribution is 5.78. The molecular weight excluding hydrogens is 354 g/mol. The van der Waals surface area contributed by atoms with E-state index in [9.17, 15) is 4.79 Å². The van der Waals surface area contributed by atoms with Gasteiger partial charge in [-0.15, -0.1) is 0 Å². The lowest BCUT2D eigenvalue weighted by atomic mass is 10.1. The van der Waals surface area contributed by atoms with Crippen molar-refractivity contribution >= 4 is 11.6 Å². The Kier molecular flexibility index (Phi) is 6.76. The summed E-state index contributed by atoms with van der Waals surface area (Å²) >= 11 is 0. The van der Waals surface area contributed by atoms with Crippen LogP contribution in [0.4, 0.5) is 5.69 Å². The first-order chi connectivity index (χ1) is 13.5. The Bertz CT molecular complexity index is 786. The number of methoxy groups -OCH3 is 1. The van der Waals surface area contributed by atoms with Gasteiger partial charge in [-0.3, -0.25) is 4.79 Å². The first-order valence-corrected chi connectivity index (χ1v) is 9.58. The number of carbonyl (C=O) groups is 1. The number of carbonyl (C=O) groups excluding carboxylic acids is 1. The zero-order valence-corrected chi connectivity index (χ0v) is 16.9. The van der Waals surface area contributed by atoms with E-state index in [0.717, 1.165) is 25.4 Å². The molecule has 2 aromatic carbocycles. The monoisotopic (exact) mass is 383 g/mol. The van der Waals surface area contributed by atoms with Gasteiger partial charge in [0.2, 0.25) is 0 Å². The Morgan fingerprint density at radius 1 is 1.00 bits per heavy atom. The van der Waals surface area contributed by atoms with Crippen LogP contribution in [0, 0.1) is 0 Å². The van der Waals surface area contributed by atoms with E-state index in [1.807, 2.05) is 23.1 Å². The van der Waals surface area contributed by atoms with Crippen molar-refractivity contribution in [3.63, 3.8) is 0 Å². The van der Waals surface area contributed by atoms with E-state index in [1.54, 1.807) is 13.2 Å². The molecule has 0 aliphatic carbocycles. The average molecular weight is 383 g/mol. The van der Waals surface area contributed by atoms with Crippen molar-refractivity contribution in [2.75, 3.05) is 58.9 Å². The number of anilines is 1. The molecule has 1 aliphatic rings. The molecule has 3 rings (SSSR count). The molecule has 1 aliphatic heterocycles. The van der Waals surface area contributed by atoms with E-state index < -0.39 is 0 Å². The number of amides is 1. The smallest absolute Gasteiger partial charge is 0.260 e. The van der Waals surface area contributed by atoms with Crippen LogP contribution in [0.5, 0.6) is 11.5 Å². The molecule has 150 valence electrons. The summed E-state index contributed by atoms with van der Waals surface area (Å²) in [5, 5.41) is 0. The highest BCUT2D eigenvalue weighted by Gasteiger charge is 2.21. The molecule has 2 aromatic rings. The number of benzene rings is 2. The SMILES string of the molecule is COc1cccc(OCC(=O)N2CCN(c3cccc(CN(C)C)c3)CC2)c1. The predicted octanol–water partition coefficient (Wildman–Crippen LogP) is 2.48. The number of hydrogen-bond acceptors (Lipinski definition) is 5. The molecule has 1 fully saturated rings. The molecule has 0 bridgehead atoms. The molecular formula is C22H29N3O3. The highest BCUT2D eigenvalue weighted by atomic mass is 16.5. The van der Waals surface area contributed by atoms with Crippen LogP contribution in [0.3, 0.4) is 0 Å². The third-order valence-corrected chi connectivity index (χ3v) is 4.81. The summed E-state index contributed by atoms with van der Waals surface area (Å²) < 4.78 is 10.8. The Morgan fingerprint density at radius 3 is 2.43 bits per heavy atom. The topological polar surface area (TPSA) is 45.3 Å². The lowest BCUT2D eigenvalue weighted by Gasteiger charge is -2.36. The van der Waals surface area contributed by atoms with Gasteiger partial charge >= 0.3 is 0 Å². The molecule has 0 radical (unpaired) electrons. The van der Waals surface area contributed by atoms with Gasteiger partial charge in [-0.1, -0.05) is 18.2 Å². The molecule has 6 nitrogen and oxygen atoms in total. The van der Waals surface area contributed by atoms with E-state index >= 15 is 0 Å². The molecule has 1 saturated heterocycles. The van der Waals surface area contributed by atoms with Gasteiger partial charge in [-0.05, 0) is 43.9 Å². The molecule has 6 heteroatoms. The summed E-state index contributed by atoms with van der Waals surface area (Å²) in [5.41, 5.74) is 2.52. The van der Waals surface area contributed by atoms with Crippen LogP contribution in [-0.2, 0) is 11.3 Å². The molecule has 0 unspecified atom stereocenters. The number of ether oxygens (including phenoxy) is 2. The Hall–Kier alpha value is -2.73. The third kappa shape index (κ3) is 5.39. The van der Waals surface area contributed by atoms with E-state index in [2.05, 4.69) is 48.2 Å². The minimum Gasteiger partial charge on any atom is -0.497 e. The van der Waals surface area contributed by atoms with Crippen LogP contribution in [0.15, 0.2) is 48.5 Å². The van der Waals surface area contributed by atoms with Crippen LogP contribution >= 0.6 is 0 Å². The number of hydrogen-bond donors (Lipinski definition) is 0. The van der Waals surface area contributed by atoms with Gasteiger partial charge in [0.25, 0.3) is 5.91 Å². The molecule has 28 heavy (non-hydrogen) atoms. The largest absolute Gasteiger partial charge is 0.497 e. The van der Waals surface area contributed by atoms with Crippen LogP contribution in [0.25, 0.3) is 0 Å². The second kappa shape index (κ2) is 9.46. The fraction of sp³-hybridized carbons (Fsp3) is 0.409. The molecule has 1 amide bonds. The van der Waals surface area contributed by atoms with Crippen molar-refractivity contribution in [2.24, 2.45) is 0 Å². The van der Waals surface area contributed by atoms with Gasteiger partial charge in [-0.2, -0.15) is 0 Å².